The molecule has 1 aliphatic rings. The summed E-state index contributed by atoms with van der Waals surface area (Å²) in [4.78, 5) is 1.41. The van der Waals surface area contributed by atoms with Crippen LogP contribution in [0.1, 0.15) is 35.6 Å². The molecule has 1 atom stereocenters. The van der Waals surface area contributed by atoms with Gasteiger partial charge in [-0.05, 0) is 18.6 Å². The van der Waals surface area contributed by atoms with Crippen LogP contribution >= 0.6 is 12.4 Å². The minimum absolute atomic E-state index is 0. The lowest BCUT2D eigenvalue weighted by molar-refractivity contribution is -0.144. The molecule has 0 saturated carbocycles. The van der Waals surface area contributed by atoms with Crippen molar-refractivity contribution in [2.45, 2.75) is 37.4 Å². The van der Waals surface area contributed by atoms with Crippen molar-refractivity contribution >= 4 is 12.4 Å². The smallest absolute Gasteiger partial charge is 0.416 e. The zero-order chi connectivity index (χ0) is 22.0. The molecule has 0 aromatic heterocycles. The summed E-state index contributed by atoms with van der Waals surface area (Å²) < 4.78 is 123. The van der Waals surface area contributed by atoms with Crippen LogP contribution in [-0.4, -0.2) is 44.4 Å². The molecule has 1 fully saturated rings. The van der Waals surface area contributed by atoms with Gasteiger partial charge in [-0.2, -0.15) is 39.5 Å². The number of ether oxygens (including phenoxy) is 1. The molecule has 1 aromatic carbocycles. The lowest BCUT2D eigenvalue weighted by atomic mass is 9.91. The number of nitrogens with zero attached hydrogens (tertiary/aromatic N) is 1. The van der Waals surface area contributed by atoms with E-state index in [-0.39, 0.29) is 31.6 Å². The largest absolute Gasteiger partial charge is 0.496 e. The van der Waals surface area contributed by atoms with Gasteiger partial charge in [0.2, 0.25) is 0 Å². The van der Waals surface area contributed by atoms with Crippen LogP contribution in [-0.2, 0) is 12.4 Å². The average Bonchev–Trinajstić information content (AvgIpc) is 2.59. The van der Waals surface area contributed by atoms with E-state index in [1.54, 1.807) is 0 Å². The number of piperazine rings is 1. The molecule has 3 nitrogen and oxygen atoms in total. The maximum Gasteiger partial charge on any atom is 0.416 e. The molecule has 1 aromatic rings. The molecule has 1 heterocycles. The topological polar surface area (TPSA) is 24.5 Å². The van der Waals surface area contributed by atoms with Gasteiger partial charge in [-0.3, -0.25) is 4.90 Å². The van der Waals surface area contributed by atoms with E-state index < -0.39 is 59.9 Å². The van der Waals surface area contributed by atoms with E-state index in [9.17, 15) is 39.5 Å². The molecule has 1 saturated heterocycles. The van der Waals surface area contributed by atoms with Crippen molar-refractivity contribution in [2.24, 2.45) is 0 Å². The van der Waals surface area contributed by atoms with Crippen molar-refractivity contribution in [1.82, 2.24) is 10.2 Å². The lowest BCUT2D eigenvalue weighted by Gasteiger charge is -2.37. The first-order chi connectivity index (χ1) is 13.2. The summed E-state index contributed by atoms with van der Waals surface area (Å²) in [6.45, 7) is 0.938. The highest BCUT2D eigenvalue weighted by molar-refractivity contribution is 5.85. The van der Waals surface area contributed by atoms with Crippen molar-refractivity contribution in [3.05, 3.63) is 28.8 Å². The van der Waals surface area contributed by atoms with Gasteiger partial charge in [0.1, 0.15) is 5.75 Å². The predicted octanol–water partition coefficient (Wildman–Crippen LogP) is 5.44. The Kier molecular flexibility index (Phi) is 8.72. The summed E-state index contributed by atoms with van der Waals surface area (Å²) in [6.07, 6.45) is -17.1. The van der Waals surface area contributed by atoms with Gasteiger partial charge in [0.15, 0.2) is 0 Å². The Balaban J connectivity index is 0.00000450. The zero-order valence-corrected chi connectivity index (χ0v) is 16.5. The number of hydrogen-bond acceptors (Lipinski definition) is 3. The highest BCUT2D eigenvalue weighted by Gasteiger charge is 2.43. The molecular weight excluding hydrogens is 455 g/mol. The second-order valence-electron chi connectivity index (χ2n) is 6.59. The Hall–Kier alpha value is -1.40. The van der Waals surface area contributed by atoms with Gasteiger partial charge < -0.3 is 10.1 Å². The molecule has 13 heteroatoms. The zero-order valence-electron chi connectivity index (χ0n) is 15.6. The summed E-state index contributed by atoms with van der Waals surface area (Å²) in [5, 5.41) is 2.93. The van der Waals surface area contributed by atoms with E-state index in [4.69, 9.17) is 4.74 Å². The van der Waals surface area contributed by atoms with Crippen molar-refractivity contribution in [1.29, 1.82) is 0 Å². The molecule has 0 bridgehead atoms. The lowest BCUT2D eigenvalue weighted by Crippen LogP contribution is -2.45. The molecule has 0 amide bonds. The molecule has 0 aliphatic carbocycles. The van der Waals surface area contributed by atoms with E-state index in [1.807, 2.05) is 0 Å². The first-order valence-corrected chi connectivity index (χ1v) is 8.62. The fourth-order valence-corrected chi connectivity index (χ4v) is 3.34. The molecule has 2 rings (SSSR count). The summed E-state index contributed by atoms with van der Waals surface area (Å²) in [5.41, 5.74) is -3.94. The Morgan fingerprint density at radius 2 is 1.53 bits per heavy atom. The van der Waals surface area contributed by atoms with Crippen molar-refractivity contribution in [3.8, 4) is 5.75 Å². The number of nitrogens with one attached hydrogen (secondary N) is 1. The van der Waals surface area contributed by atoms with Gasteiger partial charge in [-0.1, -0.05) is 0 Å². The third-order valence-electron chi connectivity index (χ3n) is 4.62. The van der Waals surface area contributed by atoms with Crippen LogP contribution in [0, 0.1) is 0 Å². The maximum absolute atomic E-state index is 13.7. The first-order valence-electron chi connectivity index (χ1n) is 8.62. The standard InChI is InChI=1S/C17H19F9N2O.ClH/c1-29-13-9-10(16(21,22)23)8-11(17(24,25)26)14(13)12(2-3-15(18,19)20)28-6-4-27-5-7-28;/h8-9,12,27H,2-7H2,1H3;1H/t12-;/m1./s1. The van der Waals surface area contributed by atoms with Gasteiger partial charge in [0, 0.05) is 44.2 Å². The highest BCUT2D eigenvalue weighted by Crippen LogP contribution is 2.46. The third-order valence-corrected chi connectivity index (χ3v) is 4.62. The van der Waals surface area contributed by atoms with Crippen molar-refractivity contribution in [2.75, 3.05) is 33.3 Å². The molecule has 0 spiro atoms. The van der Waals surface area contributed by atoms with Gasteiger partial charge >= 0.3 is 18.5 Å². The number of halogens is 10. The maximum atomic E-state index is 13.7. The molecule has 1 N–H and O–H groups in total. The predicted molar refractivity (Wildman–Crippen MR) is 92.7 cm³/mol. The van der Waals surface area contributed by atoms with Crippen LogP contribution in [0.4, 0.5) is 39.5 Å². The van der Waals surface area contributed by atoms with E-state index >= 15 is 0 Å². The number of rotatable bonds is 5. The van der Waals surface area contributed by atoms with E-state index in [0.717, 1.165) is 7.11 Å². The van der Waals surface area contributed by atoms with Crippen LogP contribution in [0.15, 0.2) is 12.1 Å². The van der Waals surface area contributed by atoms with Gasteiger partial charge in [-0.25, -0.2) is 0 Å². The van der Waals surface area contributed by atoms with Crippen LogP contribution in [0.5, 0.6) is 5.75 Å². The van der Waals surface area contributed by atoms with E-state index in [0.29, 0.717) is 19.2 Å². The molecule has 30 heavy (non-hydrogen) atoms. The molecular formula is C17H20ClF9N2O. The minimum atomic E-state index is -5.21. The molecule has 0 radical (unpaired) electrons. The number of benzene rings is 1. The summed E-state index contributed by atoms with van der Waals surface area (Å²) in [7, 11) is 0.887. The third kappa shape index (κ3) is 6.81. The first kappa shape index (κ1) is 26.6. The average molecular weight is 475 g/mol. The molecule has 0 unspecified atom stereocenters. The molecule has 174 valence electrons. The Bertz CT molecular complexity index is 698. The number of alkyl halides is 9. The van der Waals surface area contributed by atoms with Gasteiger partial charge in [0.25, 0.3) is 0 Å². The Labute approximate surface area is 173 Å². The quantitative estimate of drug-likeness (QED) is 0.575. The van der Waals surface area contributed by atoms with Crippen molar-refractivity contribution in [3.63, 3.8) is 0 Å². The fourth-order valence-electron chi connectivity index (χ4n) is 3.34. The second kappa shape index (κ2) is 9.82. The van der Waals surface area contributed by atoms with Crippen LogP contribution < -0.4 is 10.1 Å². The van der Waals surface area contributed by atoms with Gasteiger partial charge in [0.05, 0.1) is 18.2 Å². The normalized spacial score (nSPS) is 17.4. The summed E-state index contributed by atoms with van der Waals surface area (Å²) >= 11 is 0. The van der Waals surface area contributed by atoms with Crippen LogP contribution in [0.25, 0.3) is 0 Å². The molecule has 1 aliphatic heterocycles. The van der Waals surface area contributed by atoms with Crippen LogP contribution in [0.2, 0.25) is 0 Å². The SMILES string of the molecule is COc1cc(C(F)(F)F)cc(C(F)(F)F)c1[C@@H](CCC(F)(F)F)N1CCNCC1.Cl. The summed E-state index contributed by atoms with van der Waals surface area (Å²) in [6, 6.07) is -1.08. The Morgan fingerprint density at radius 3 is 1.97 bits per heavy atom. The number of hydrogen-bond donors (Lipinski definition) is 1. The summed E-state index contributed by atoms with van der Waals surface area (Å²) in [5.74, 6) is -0.738. The fraction of sp³-hybridized carbons (Fsp3) is 0.647. The monoisotopic (exact) mass is 474 g/mol. The highest BCUT2D eigenvalue weighted by atomic mass is 35.5. The Morgan fingerprint density at radius 1 is 0.967 bits per heavy atom. The van der Waals surface area contributed by atoms with Gasteiger partial charge in [-0.15, -0.1) is 12.4 Å². The second-order valence-corrected chi connectivity index (χ2v) is 6.59. The van der Waals surface area contributed by atoms with Crippen LogP contribution in [0.3, 0.4) is 0 Å². The van der Waals surface area contributed by atoms with E-state index in [1.165, 1.54) is 4.90 Å². The minimum Gasteiger partial charge on any atom is -0.496 e. The van der Waals surface area contributed by atoms with E-state index in [2.05, 4.69) is 5.32 Å². The van der Waals surface area contributed by atoms with Crippen molar-refractivity contribution < 1.29 is 44.3 Å². The number of methoxy groups -OCH3 is 1.